The molecule has 0 unspecified atom stereocenters. The van der Waals surface area contributed by atoms with Crippen LogP contribution >= 0.6 is 11.3 Å². The summed E-state index contributed by atoms with van der Waals surface area (Å²) in [5.74, 6) is 1.52. The summed E-state index contributed by atoms with van der Waals surface area (Å²) in [5.41, 5.74) is 1.99. The van der Waals surface area contributed by atoms with Crippen molar-refractivity contribution in [2.45, 2.75) is 19.8 Å². The van der Waals surface area contributed by atoms with Crippen LogP contribution in [-0.2, 0) is 0 Å². The molecule has 124 valence electrons. The summed E-state index contributed by atoms with van der Waals surface area (Å²) in [6, 6.07) is 5.95. The van der Waals surface area contributed by atoms with Gasteiger partial charge < -0.3 is 9.64 Å². The van der Waals surface area contributed by atoms with E-state index >= 15 is 0 Å². The summed E-state index contributed by atoms with van der Waals surface area (Å²) in [7, 11) is 0. The molecule has 1 saturated heterocycles. The van der Waals surface area contributed by atoms with E-state index in [2.05, 4.69) is 14.9 Å². The largest absolute Gasteiger partial charge is 0.493 e. The van der Waals surface area contributed by atoms with Crippen LogP contribution in [0.15, 0.2) is 36.8 Å². The fourth-order valence-corrected chi connectivity index (χ4v) is 4.00. The lowest BCUT2D eigenvalue weighted by Crippen LogP contribution is -2.35. The number of ether oxygens (including phenoxy) is 1. The van der Waals surface area contributed by atoms with Crippen LogP contribution in [0.3, 0.4) is 0 Å². The Hall–Kier alpha value is -2.21. The fourth-order valence-electron chi connectivity index (χ4n) is 3.02. The number of thiazole rings is 1. The van der Waals surface area contributed by atoms with Crippen LogP contribution < -0.4 is 9.64 Å². The van der Waals surface area contributed by atoms with Gasteiger partial charge >= 0.3 is 0 Å². The minimum Gasteiger partial charge on any atom is -0.493 e. The third kappa shape index (κ3) is 3.33. The fraction of sp³-hybridized carbons (Fsp3) is 0.389. The summed E-state index contributed by atoms with van der Waals surface area (Å²) in [4.78, 5) is 15.4. The molecule has 1 aliphatic heterocycles. The highest BCUT2D eigenvalue weighted by molar-refractivity contribution is 7.22. The van der Waals surface area contributed by atoms with Crippen molar-refractivity contribution in [3.8, 4) is 5.75 Å². The summed E-state index contributed by atoms with van der Waals surface area (Å²) in [6.45, 7) is 4.84. The Bertz CT molecular complexity index is 794. The lowest BCUT2D eigenvalue weighted by Gasteiger charge is -2.31. The number of aryl methyl sites for hydroxylation is 1. The summed E-state index contributed by atoms with van der Waals surface area (Å²) in [5, 5.41) is 1.11. The second-order valence-corrected chi connectivity index (χ2v) is 7.22. The van der Waals surface area contributed by atoms with Gasteiger partial charge in [-0.25, -0.2) is 4.98 Å². The van der Waals surface area contributed by atoms with Gasteiger partial charge in [0.2, 0.25) is 0 Å². The van der Waals surface area contributed by atoms with Gasteiger partial charge in [0.15, 0.2) is 5.13 Å². The maximum absolute atomic E-state index is 5.94. The molecule has 0 radical (unpaired) electrons. The molecule has 0 atom stereocenters. The first-order chi connectivity index (χ1) is 11.8. The Morgan fingerprint density at radius 3 is 2.92 bits per heavy atom. The van der Waals surface area contributed by atoms with Gasteiger partial charge in [-0.1, -0.05) is 11.3 Å². The first kappa shape index (κ1) is 15.3. The number of hydrogen-bond donors (Lipinski definition) is 0. The van der Waals surface area contributed by atoms with E-state index in [1.165, 1.54) is 4.70 Å². The highest BCUT2D eigenvalue weighted by Gasteiger charge is 2.22. The van der Waals surface area contributed by atoms with Gasteiger partial charge in [-0.05, 0) is 37.8 Å². The monoisotopic (exact) mass is 340 g/mol. The molecule has 3 aromatic heterocycles. The molecule has 0 N–H and O–H groups in total. The van der Waals surface area contributed by atoms with E-state index in [0.717, 1.165) is 54.6 Å². The van der Waals surface area contributed by atoms with Crippen molar-refractivity contribution in [2.75, 3.05) is 24.6 Å². The molecular formula is C18H20N4OS. The lowest BCUT2D eigenvalue weighted by atomic mass is 9.98. The average molecular weight is 340 g/mol. The van der Waals surface area contributed by atoms with Gasteiger partial charge in [0, 0.05) is 37.2 Å². The van der Waals surface area contributed by atoms with E-state index in [4.69, 9.17) is 9.72 Å². The Balaban J connectivity index is 1.33. The van der Waals surface area contributed by atoms with Crippen LogP contribution in [0.4, 0.5) is 5.13 Å². The van der Waals surface area contributed by atoms with Crippen molar-refractivity contribution >= 4 is 26.7 Å². The lowest BCUT2D eigenvalue weighted by molar-refractivity contribution is 0.222. The number of nitrogens with zero attached hydrogens (tertiary/aromatic N) is 4. The van der Waals surface area contributed by atoms with Crippen LogP contribution in [-0.4, -0.2) is 34.6 Å². The minimum atomic E-state index is 0.603. The molecule has 1 fully saturated rings. The number of anilines is 1. The Labute approximate surface area is 145 Å². The SMILES string of the molecule is Cc1cc(OCC2CCN(c3nc4cnccc4s3)CC2)ccn1. The van der Waals surface area contributed by atoms with Crippen molar-refractivity contribution in [2.24, 2.45) is 5.92 Å². The Morgan fingerprint density at radius 2 is 2.12 bits per heavy atom. The molecule has 0 spiro atoms. The maximum Gasteiger partial charge on any atom is 0.186 e. The van der Waals surface area contributed by atoms with Crippen LogP contribution in [0.2, 0.25) is 0 Å². The number of rotatable bonds is 4. The van der Waals surface area contributed by atoms with Crippen LogP contribution in [0, 0.1) is 12.8 Å². The highest BCUT2D eigenvalue weighted by Crippen LogP contribution is 2.31. The standard InChI is InChI=1S/C18H20N4OS/c1-13-10-15(2-7-20-13)23-12-14-4-8-22(9-5-14)18-21-16-11-19-6-3-17(16)24-18/h2-3,6-7,10-11,14H,4-5,8-9,12H2,1H3. The molecule has 0 amide bonds. The number of aromatic nitrogens is 3. The molecule has 0 aromatic carbocycles. The highest BCUT2D eigenvalue weighted by atomic mass is 32.1. The molecule has 6 heteroatoms. The van der Waals surface area contributed by atoms with Crippen molar-refractivity contribution in [3.05, 3.63) is 42.5 Å². The molecule has 3 aromatic rings. The molecule has 4 rings (SSSR count). The van der Waals surface area contributed by atoms with Crippen LogP contribution in [0.25, 0.3) is 10.2 Å². The van der Waals surface area contributed by atoms with Gasteiger partial charge in [0.1, 0.15) is 11.3 Å². The third-order valence-corrected chi connectivity index (χ3v) is 5.51. The van der Waals surface area contributed by atoms with E-state index in [-0.39, 0.29) is 0 Å². The number of piperidine rings is 1. The quantitative estimate of drug-likeness (QED) is 0.725. The predicted molar refractivity (Wildman–Crippen MR) is 96.8 cm³/mol. The van der Waals surface area contributed by atoms with Gasteiger partial charge in [-0.15, -0.1) is 0 Å². The Kier molecular flexibility index (Phi) is 4.30. The summed E-state index contributed by atoms with van der Waals surface area (Å²) >= 11 is 1.75. The van der Waals surface area contributed by atoms with Crippen molar-refractivity contribution in [3.63, 3.8) is 0 Å². The molecule has 0 aliphatic carbocycles. The van der Waals surface area contributed by atoms with Gasteiger partial charge in [0.05, 0.1) is 17.5 Å². The minimum absolute atomic E-state index is 0.603. The first-order valence-corrected chi connectivity index (χ1v) is 9.10. The van der Waals surface area contributed by atoms with Crippen molar-refractivity contribution in [1.29, 1.82) is 0 Å². The molecule has 0 saturated carbocycles. The summed E-state index contributed by atoms with van der Waals surface area (Å²) < 4.78 is 7.14. The summed E-state index contributed by atoms with van der Waals surface area (Å²) in [6.07, 6.45) is 7.74. The molecule has 0 bridgehead atoms. The number of pyridine rings is 2. The normalized spacial score (nSPS) is 15.8. The van der Waals surface area contributed by atoms with Crippen molar-refractivity contribution < 1.29 is 4.74 Å². The maximum atomic E-state index is 5.94. The molecule has 24 heavy (non-hydrogen) atoms. The van der Waals surface area contributed by atoms with Gasteiger partial charge in [0.25, 0.3) is 0 Å². The van der Waals surface area contributed by atoms with E-state index in [9.17, 15) is 0 Å². The Morgan fingerprint density at radius 1 is 1.25 bits per heavy atom. The van der Waals surface area contributed by atoms with Crippen LogP contribution in [0.1, 0.15) is 18.5 Å². The topological polar surface area (TPSA) is 51.1 Å². The smallest absolute Gasteiger partial charge is 0.186 e. The zero-order valence-corrected chi connectivity index (χ0v) is 14.5. The van der Waals surface area contributed by atoms with E-state index in [1.54, 1.807) is 17.5 Å². The molecular weight excluding hydrogens is 320 g/mol. The van der Waals surface area contributed by atoms with Gasteiger partial charge in [-0.2, -0.15) is 0 Å². The second kappa shape index (κ2) is 6.73. The zero-order valence-electron chi connectivity index (χ0n) is 13.7. The number of hydrogen-bond acceptors (Lipinski definition) is 6. The average Bonchev–Trinajstić information content (AvgIpc) is 3.05. The third-order valence-electron chi connectivity index (χ3n) is 4.42. The van der Waals surface area contributed by atoms with E-state index in [1.807, 2.05) is 37.5 Å². The van der Waals surface area contributed by atoms with Crippen LogP contribution in [0.5, 0.6) is 5.75 Å². The number of fused-ring (bicyclic) bond motifs is 1. The van der Waals surface area contributed by atoms with Gasteiger partial charge in [-0.3, -0.25) is 9.97 Å². The van der Waals surface area contributed by atoms with Crippen molar-refractivity contribution in [1.82, 2.24) is 15.0 Å². The van der Waals surface area contributed by atoms with E-state index < -0.39 is 0 Å². The first-order valence-electron chi connectivity index (χ1n) is 8.29. The molecule has 1 aliphatic rings. The predicted octanol–water partition coefficient (Wildman–Crippen LogP) is 3.69. The molecule has 4 heterocycles. The van der Waals surface area contributed by atoms with E-state index in [0.29, 0.717) is 5.92 Å². The second-order valence-electron chi connectivity index (χ2n) is 6.21. The zero-order chi connectivity index (χ0) is 16.4. The molecule has 5 nitrogen and oxygen atoms in total.